The molecule has 3 heteroatoms. The Hall–Kier alpha value is -0.410. The minimum absolute atomic E-state index is 0.170. The number of ether oxygens (including phenoxy) is 2. The Morgan fingerprint density at radius 3 is 2.43 bits per heavy atom. The van der Waals surface area contributed by atoms with Crippen LogP contribution in [0, 0.1) is 5.41 Å². The van der Waals surface area contributed by atoms with Gasteiger partial charge < -0.3 is 9.47 Å². The standard InChI is InChI=1S/C11H20O3/c1-11(2,3)10(12)8-14-9-4-6-13-7-5-9/h9H,4-8H2,1-3H3. The fourth-order valence-electron chi connectivity index (χ4n) is 1.25. The first kappa shape index (κ1) is 11.7. The lowest BCUT2D eigenvalue weighted by molar-refractivity contribution is -0.135. The van der Waals surface area contributed by atoms with E-state index in [4.69, 9.17) is 9.47 Å². The maximum absolute atomic E-state index is 11.6. The zero-order valence-corrected chi connectivity index (χ0v) is 9.34. The van der Waals surface area contributed by atoms with Crippen LogP contribution in [0.3, 0.4) is 0 Å². The van der Waals surface area contributed by atoms with Crippen molar-refractivity contribution in [2.24, 2.45) is 5.41 Å². The molecule has 1 rings (SSSR count). The van der Waals surface area contributed by atoms with Crippen LogP contribution in [0.25, 0.3) is 0 Å². The lowest BCUT2D eigenvalue weighted by atomic mass is 9.91. The van der Waals surface area contributed by atoms with Gasteiger partial charge in [-0.05, 0) is 12.8 Å². The highest BCUT2D eigenvalue weighted by Crippen LogP contribution is 2.16. The highest BCUT2D eigenvalue weighted by molar-refractivity contribution is 5.84. The van der Waals surface area contributed by atoms with Gasteiger partial charge in [0.1, 0.15) is 6.61 Å². The zero-order chi connectivity index (χ0) is 10.6. The van der Waals surface area contributed by atoms with Crippen LogP contribution in [0.1, 0.15) is 33.6 Å². The van der Waals surface area contributed by atoms with Gasteiger partial charge in [0, 0.05) is 18.6 Å². The van der Waals surface area contributed by atoms with E-state index in [1.165, 1.54) is 0 Å². The molecule has 0 aromatic carbocycles. The summed E-state index contributed by atoms with van der Waals surface area (Å²) < 4.78 is 10.8. The Kier molecular flexibility index (Phi) is 4.08. The van der Waals surface area contributed by atoms with E-state index < -0.39 is 0 Å². The minimum Gasteiger partial charge on any atom is -0.381 e. The summed E-state index contributed by atoms with van der Waals surface area (Å²) in [7, 11) is 0. The monoisotopic (exact) mass is 200 g/mol. The molecule has 0 amide bonds. The van der Waals surface area contributed by atoms with Crippen molar-refractivity contribution in [1.29, 1.82) is 0 Å². The van der Waals surface area contributed by atoms with Crippen molar-refractivity contribution >= 4 is 5.78 Å². The van der Waals surface area contributed by atoms with Gasteiger partial charge in [-0.15, -0.1) is 0 Å². The predicted octanol–water partition coefficient (Wildman–Crippen LogP) is 1.80. The van der Waals surface area contributed by atoms with E-state index >= 15 is 0 Å². The van der Waals surface area contributed by atoms with Gasteiger partial charge in [0.25, 0.3) is 0 Å². The molecule has 1 fully saturated rings. The molecule has 0 spiro atoms. The molecule has 82 valence electrons. The van der Waals surface area contributed by atoms with Crippen molar-refractivity contribution < 1.29 is 14.3 Å². The van der Waals surface area contributed by atoms with E-state index in [-0.39, 0.29) is 23.9 Å². The van der Waals surface area contributed by atoms with E-state index in [1.54, 1.807) is 0 Å². The molecule has 1 aliphatic heterocycles. The molecule has 0 aromatic heterocycles. The molecule has 0 radical (unpaired) electrons. The van der Waals surface area contributed by atoms with E-state index in [9.17, 15) is 4.79 Å². The first-order valence-electron chi connectivity index (χ1n) is 5.23. The second kappa shape index (κ2) is 4.89. The van der Waals surface area contributed by atoms with E-state index in [0.29, 0.717) is 0 Å². The summed E-state index contributed by atoms with van der Waals surface area (Å²) in [6.07, 6.45) is 2.05. The number of rotatable bonds is 3. The van der Waals surface area contributed by atoms with Gasteiger partial charge in [-0.25, -0.2) is 0 Å². The lowest BCUT2D eigenvalue weighted by Gasteiger charge is -2.24. The Balaban J connectivity index is 2.22. The maximum atomic E-state index is 11.6. The minimum atomic E-state index is -0.287. The smallest absolute Gasteiger partial charge is 0.163 e. The molecule has 3 nitrogen and oxygen atoms in total. The molecule has 1 aliphatic rings. The summed E-state index contributed by atoms with van der Waals surface area (Å²) in [6.45, 7) is 7.52. The highest BCUT2D eigenvalue weighted by Gasteiger charge is 2.23. The van der Waals surface area contributed by atoms with Crippen LogP contribution < -0.4 is 0 Å². The lowest BCUT2D eigenvalue weighted by Crippen LogP contribution is -2.30. The van der Waals surface area contributed by atoms with Gasteiger partial charge in [0.05, 0.1) is 6.10 Å². The van der Waals surface area contributed by atoms with E-state index in [0.717, 1.165) is 26.1 Å². The third-order valence-electron chi connectivity index (χ3n) is 2.45. The molecule has 0 unspecified atom stereocenters. The molecule has 1 heterocycles. The number of ketones is 1. The first-order chi connectivity index (χ1) is 6.50. The van der Waals surface area contributed by atoms with Gasteiger partial charge in [-0.1, -0.05) is 20.8 Å². The van der Waals surface area contributed by atoms with Crippen molar-refractivity contribution in [3.05, 3.63) is 0 Å². The van der Waals surface area contributed by atoms with E-state index in [2.05, 4.69) is 0 Å². The van der Waals surface area contributed by atoms with Crippen LogP contribution in [0.2, 0.25) is 0 Å². The third-order valence-corrected chi connectivity index (χ3v) is 2.45. The number of Topliss-reactive ketones (excluding diaryl/α,β-unsaturated/α-hetero) is 1. The SMILES string of the molecule is CC(C)(C)C(=O)COC1CCOCC1. The maximum Gasteiger partial charge on any atom is 0.163 e. The molecule has 0 atom stereocenters. The number of hydrogen-bond acceptors (Lipinski definition) is 3. The summed E-state index contributed by atoms with van der Waals surface area (Å²) in [6, 6.07) is 0. The van der Waals surface area contributed by atoms with Crippen molar-refractivity contribution in [2.75, 3.05) is 19.8 Å². The topological polar surface area (TPSA) is 35.5 Å². The molecule has 1 saturated heterocycles. The van der Waals surface area contributed by atoms with Gasteiger partial charge in [-0.3, -0.25) is 4.79 Å². The van der Waals surface area contributed by atoms with E-state index in [1.807, 2.05) is 20.8 Å². The van der Waals surface area contributed by atoms with Crippen molar-refractivity contribution in [3.63, 3.8) is 0 Å². The molecule has 0 N–H and O–H groups in total. The largest absolute Gasteiger partial charge is 0.381 e. The van der Waals surface area contributed by atoms with Crippen molar-refractivity contribution in [1.82, 2.24) is 0 Å². The summed E-state index contributed by atoms with van der Waals surface area (Å²) >= 11 is 0. The Bertz CT molecular complexity index is 187. The molecule has 0 saturated carbocycles. The van der Waals surface area contributed by atoms with Gasteiger partial charge in [-0.2, -0.15) is 0 Å². The second-order valence-electron chi connectivity index (χ2n) is 4.80. The summed E-state index contributed by atoms with van der Waals surface area (Å²) in [5, 5.41) is 0. The Morgan fingerprint density at radius 2 is 1.93 bits per heavy atom. The number of carbonyl (C=O) groups excluding carboxylic acids is 1. The van der Waals surface area contributed by atoms with Crippen LogP contribution in [-0.4, -0.2) is 31.7 Å². The van der Waals surface area contributed by atoms with Crippen LogP contribution in [-0.2, 0) is 14.3 Å². The summed E-state index contributed by atoms with van der Waals surface area (Å²) in [5.41, 5.74) is -0.287. The fraction of sp³-hybridized carbons (Fsp3) is 0.909. The average molecular weight is 200 g/mol. The van der Waals surface area contributed by atoms with Crippen molar-refractivity contribution in [3.8, 4) is 0 Å². The second-order valence-corrected chi connectivity index (χ2v) is 4.80. The number of carbonyl (C=O) groups is 1. The average Bonchev–Trinajstić information content (AvgIpc) is 2.14. The first-order valence-corrected chi connectivity index (χ1v) is 5.23. The molecular weight excluding hydrogens is 180 g/mol. The fourth-order valence-corrected chi connectivity index (χ4v) is 1.25. The Labute approximate surface area is 85.8 Å². The summed E-state index contributed by atoms with van der Waals surface area (Å²) in [4.78, 5) is 11.6. The van der Waals surface area contributed by atoms with Gasteiger partial charge >= 0.3 is 0 Å². The third kappa shape index (κ3) is 3.76. The normalized spacial score (nSPS) is 19.6. The zero-order valence-electron chi connectivity index (χ0n) is 9.34. The van der Waals surface area contributed by atoms with Crippen LogP contribution in [0.4, 0.5) is 0 Å². The van der Waals surface area contributed by atoms with Crippen LogP contribution in [0.15, 0.2) is 0 Å². The van der Waals surface area contributed by atoms with Crippen molar-refractivity contribution in [2.45, 2.75) is 39.7 Å². The van der Waals surface area contributed by atoms with Crippen LogP contribution in [0.5, 0.6) is 0 Å². The number of hydrogen-bond donors (Lipinski definition) is 0. The predicted molar refractivity (Wildman–Crippen MR) is 54.3 cm³/mol. The Morgan fingerprint density at radius 1 is 1.36 bits per heavy atom. The molecule has 0 bridgehead atoms. The molecule has 14 heavy (non-hydrogen) atoms. The van der Waals surface area contributed by atoms with Gasteiger partial charge in [0.15, 0.2) is 5.78 Å². The summed E-state index contributed by atoms with van der Waals surface area (Å²) in [5.74, 6) is 0.170. The molecular formula is C11H20O3. The van der Waals surface area contributed by atoms with Gasteiger partial charge in [0.2, 0.25) is 0 Å². The van der Waals surface area contributed by atoms with Crippen LogP contribution >= 0.6 is 0 Å². The quantitative estimate of drug-likeness (QED) is 0.697. The molecule has 0 aromatic rings. The highest BCUT2D eigenvalue weighted by atomic mass is 16.5. The molecule has 0 aliphatic carbocycles.